The maximum absolute atomic E-state index is 12.8. The largest absolute Gasteiger partial charge is 0.451 e. The monoisotopic (exact) mass is 290 g/mol. The van der Waals surface area contributed by atoms with Gasteiger partial charge in [-0.2, -0.15) is 13.2 Å². The van der Waals surface area contributed by atoms with E-state index in [0.717, 1.165) is 0 Å². The molecule has 5 nitrogen and oxygen atoms in total. The fourth-order valence-corrected chi connectivity index (χ4v) is 2.09. The molecule has 2 N–H and O–H groups in total. The molecule has 0 radical (unpaired) electrons. The third kappa shape index (κ3) is 3.50. The van der Waals surface area contributed by atoms with Gasteiger partial charge in [0.05, 0.1) is 6.10 Å². The number of nitrogens with one attached hydrogen (secondary N) is 1. The maximum Gasteiger partial charge on any atom is 0.451 e. The molecule has 1 saturated heterocycles. The Hall–Kier alpha value is -1.57. The number of rotatable bonds is 3. The predicted octanol–water partition coefficient (Wildman–Crippen LogP) is 1.89. The third-order valence-corrected chi connectivity index (χ3v) is 3.11. The van der Waals surface area contributed by atoms with E-state index in [1.165, 1.54) is 6.07 Å². The van der Waals surface area contributed by atoms with Gasteiger partial charge in [-0.05, 0) is 19.8 Å². The Morgan fingerprint density at radius 3 is 2.55 bits per heavy atom. The van der Waals surface area contributed by atoms with Crippen LogP contribution in [-0.2, 0) is 6.18 Å². The first kappa shape index (κ1) is 14.8. The zero-order valence-corrected chi connectivity index (χ0v) is 11.1. The molecular formula is C12H17F3N4O. The number of aliphatic hydroxyl groups excluding tert-OH is 1. The smallest absolute Gasteiger partial charge is 0.393 e. The number of hydrogen-bond donors (Lipinski definition) is 2. The summed E-state index contributed by atoms with van der Waals surface area (Å²) >= 11 is 0. The summed E-state index contributed by atoms with van der Waals surface area (Å²) in [5.41, 5.74) is 0. The van der Waals surface area contributed by atoms with Gasteiger partial charge in [-0.25, -0.2) is 9.97 Å². The Labute approximate surface area is 114 Å². The van der Waals surface area contributed by atoms with Crippen molar-refractivity contribution in [3.05, 3.63) is 11.9 Å². The molecule has 1 aromatic heterocycles. The van der Waals surface area contributed by atoms with Gasteiger partial charge in [-0.1, -0.05) is 0 Å². The number of hydrogen-bond acceptors (Lipinski definition) is 5. The quantitative estimate of drug-likeness (QED) is 0.890. The molecule has 8 heteroatoms. The van der Waals surface area contributed by atoms with E-state index in [-0.39, 0.29) is 17.7 Å². The van der Waals surface area contributed by atoms with Crippen molar-refractivity contribution < 1.29 is 18.3 Å². The van der Waals surface area contributed by atoms with Crippen LogP contribution >= 0.6 is 0 Å². The number of piperidine rings is 1. The topological polar surface area (TPSA) is 61.3 Å². The standard InChI is InChI=1S/C12H17F3N4O/c1-2-16-9-7-10(18-11(17-9)12(13,14)15)19-5-3-8(20)4-6-19/h7-8,20H,2-6H2,1H3,(H,16,17,18). The van der Waals surface area contributed by atoms with E-state index >= 15 is 0 Å². The average molecular weight is 290 g/mol. The van der Waals surface area contributed by atoms with Crippen molar-refractivity contribution in [2.75, 3.05) is 29.9 Å². The summed E-state index contributed by atoms with van der Waals surface area (Å²) in [5.74, 6) is -0.733. The Balaban J connectivity index is 2.29. The van der Waals surface area contributed by atoms with E-state index in [2.05, 4.69) is 15.3 Å². The van der Waals surface area contributed by atoms with E-state index in [9.17, 15) is 18.3 Å². The highest BCUT2D eigenvalue weighted by atomic mass is 19.4. The lowest BCUT2D eigenvalue weighted by atomic mass is 10.1. The van der Waals surface area contributed by atoms with Crippen LogP contribution < -0.4 is 10.2 Å². The molecule has 2 heterocycles. The second kappa shape index (κ2) is 5.82. The fraction of sp³-hybridized carbons (Fsp3) is 0.667. The molecule has 2 rings (SSSR count). The molecule has 1 aromatic rings. The summed E-state index contributed by atoms with van der Waals surface area (Å²) in [4.78, 5) is 8.83. The normalized spacial score (nSPS) is 17.4. The minimum atomic E-state index is -4.57. The fourth-order valence-electron chi connectivity index (χ4n) is 2.09. The Bertz CT molecular complexity index is 459. The molecule has 1 aliphatic rings. The number of nitrogens with zero attached hydrogens (tertiary/aromatic N) is 3. The summed E-state index contributed by atoms with van der Waals surface area (Å²) in [7, 11) is 0. The predicted molar refractivity (Wildman–Crippen MR) is 68.7 cm³/mol. The number of aromatic nitrogens is 2. The summed E-state index contributed by atoms with van der Waals surface area (Å²) in [5, 5.41) is 12.2. The summed E-state index contributed by atoms with van der Waals surface area (Å²) in [6, 6.07) is 1.51. The van der Waals surface area contributed by atoms with Crippen LogP contribution in [0.3, 0.4) is 0 Å². The van der Waals surface area contributed by atoms with Gasteiger partial charge in [-0.15, -0.1) is 0 Å². The van der Waals surface area contributed by atoms with Gasteiger partial charge in [0.25, 0.3) is 0 Å². The summed E-state index contributed by atoms with van der Waals surface area (Å²) in [6.45, 7) is 3.24. The highest BCUT2D eigenvalue weighted by Crippen LogP contribution is 2.30. The van der Waals surface area contributed by atoms with Gasteiger partial charge in [0.1, 0.15) is 11.6 Å². The lowest BCUT2D eigenvalue weighted by Gasteiger charge is -2.30. The molecule has 20 heavy (non-hydrogen) atoms. The first-order valence-corrected chi connectivity index (χ1v) is 6.53. The first-order chi connectivity index (χ1) is 9.40. The van der Waals surface area contributed by atoms with Gasteiger partial charge in [0.15, 0.2) is 0 Å². The molecule has 0 saturated carbocycles. The molecule has 1 aliphatic heterocycles. The minimum absolute atomic E-state index is 0.163. The van der Waals surface area contributed by atoms with Crippen molar-refractivity contribution in [2.24, 2.45) is 0 Å². The van der Waals surface area contributed by atoms with Gasteiger partial charge in [-0.3, -0.25) is 0 Å². The molecule has 0 atom stereocenters. The molecule has 0 aliphatic carbocycles. The lowest BCUT2D eigenvalue weighted by Crippen LogP contribution is -2.36. The average Bonchev–Trinajstić information content (AvgIpc) is 2.38. The van der Waals surface area contributed by atoms with Crippen LogP contribution in [0.5, 0.6) is 0 Å². The highest BCUT2D eigenvalue weighted by molar-refractivity contribution is 5.50. The minimum Gasteiger partial charge on any atom is -0.393 e. The lowest BCUT2D eigenvalue weighted by molar-refractivity contribution is -0.144. The van der Waals surface area contributed by atoms with E-state index in [1.807, 2.05) is 0 Å². The van der Waals surface area contributed by atoms with Crippen LogP contribution in [-0.4, -0.2) is 40.8 Å². The van der Waals surface area contributed by atoms with Crippen LogP contribution in [0.4, 0.5) is 24.8 Å². The molecule has 0 unspecified atom stereocenters. The van der Waals surface area contributed by atoms with Gasteiger partial charge in [0.2, 0.25) is 5.82 Å². The number of alkyl halides is 3. The van der Waals surface area contributed by atoms with Gasteiger partial charge in [0, 0.05) is 25.7 Å². The molecular weight excluding hydrogens is 273 g/mol. The van der Waals surface area contributed by atoms with Gasteiger partial charge >= 0.3 is 6.18 Å². The molecule has 1 fully saturated rings. The van der Waals surface area contributed by atoms with E-state index < -0.39 is 12.0 Å². The first-order valence-electron chi connectivity index (χ1n) is 6.53. The SMILES string of the molecule is CCNc1cc(N2CCC(O)CC2)nc(C(F)(F)F)n1. The summed E-state index contributed by atoms with van der Waals surface area (Å²) in [6.07, 6.45) is -3.90. The van der Waals surface area contributed by atoms with E-state index in [4.69, 9.17) is 0 Å². The van der Waals surface area contributed by atoms with Crippen LogP contribution in [0.2, 0.25) is 0 Å². The Morgan fingerprint density at radius 2 is 2.00 bits per heavy atom. The second-order valence-electron chi connectivity index (χ2n) is 4.68. The van der Waals surface area contributed by atoms with Crippen LogP contribution in [0.1, 0.15) is 25.6 Å². The van der Waals surface area contributed by atoms with Crippen LogP contribution in [0, 0.1) is 0 Å². The van der Waals surface area contributed by atoms with Crippen molar-refractivity contribution in [2.45, 2.75) is 32.0 Å². The highest BCUT2D eigenvalue weighted by Gasteiger charge is 2.36. The molecule has 0 aromatic carbocycles. The van der Waals surface area contributed by atoms with E-state index in [0.29, 0.717) is 32.5 Å². The molecule has 0 spiro atoms. The zero-order valence-electron chi connectivity index (χ0n) is 11.1. The van der Waals surface area contributed by atoms with Crippen molar-refractivity contribution in [1.82, 2.24) is 9.97 Å². The number of anilines is 2. The maximum atomic E-state index is 12.8. The number of aliphatic hydroxyl groups is 1. The molecule has 0 amide bonds. The summed E-state index contributed by atoms with van der Waals surface area (Å²) < 4.78 is 38.4. The molecule has 112 valence electrons. The third-order valence-electron chi connectivity index (χ3n) is 3.11. The van der Waals surface area contributed by atoms with Crippen LogP contribution in [0.15, 0.2) is 6.07 Å². The van der Waals surface area contributed by atoms with E-state index in [1.54, 1.807) is 11.8 Å². The van der Waals surface area contributed by atoms with Crippen molar-refractivity contribution in [1.29, 1.82) is 0 Å². The van der Waals surface area contributed by atoms with Crippen molar-refractivity contribution >= 4 is 11.6 Å². The zero-order chi connectivity index (χ0) is 14.8. The van der Waals surface area contributed by atoms with Crippen molar-refractivity contribution in [3.63, 3.8) is 0 Å². The van der Waals surface area contributed by atoms with Gasteiger partial charge < -0.3 is 15.3 Å². The second-order valence-corrected chi connectivity index (χ2v) is 4.68. The molecule has 0 bridgehead atoms. The Morgan fingerprint density at radius 1 is 1.35 bits per heavy atom. The van der Waals surface area contributed by atoms with Crippen LogP contribution in [0.25, 0.3) is 0 Å². The van der Waals surface area contributed by atoms with Crippen molar-refractivity contribution in [3.8, 4) is 0 Å². The Kier molecular flexibility index (Phi) is 4.32. The number of halogens is 3.